The molecule has 1 N–H and O–H groups in total. The summed E-state index contributed by atoms with van der Waals surface area (Å²) in [7, 11) is 0. The number of aryl methyl sites for hydroxylation is 1. The lowest BCUT2D eigenvalue weighted by Crippen LogP contribution is -2.39. The standard InChI is InChI=1S/C23H29FN2O/c1-17-7-3-4-8-21(17)22(26-13-5-6-14-26)16-25-23(27)18(2)15-19-9-11-20(24)12-10-19/h3-4,7-12,18,22H,5-6,13-16H2,1-2H3,(H,25,27). The van der Waals surface area contributed by atoms with Gasteiger partial charge in [-0.15, -0.1) is 0 Å². The molecule has 1 aliphatic heterocycles. The van der Waals surface area contributed by atoms with Crippen LogP contribution in [0.2, 0.25) is 0 Å². The first-order valence-electron chi connectivity index (χ1n) is 9.86. The molecule has 2 atom stereocenters. The van der Waals surface area contributed by atoms with E-state index in [1.807, 2.05) is 6.92 Å². The van der Waals surface area contributed by atoms with E-state index < -0.39 is 0 Å². The van der Waals surface area contributed by atoms with Crippen LogP contribution in [-0.4, -0.2) is 30.4 Å². The highest BCUT2D eigenvalue weighted by molar-refractivity contribution is 5.78. The largest absolute Gasteiger partial charge is 0.354 e. The van der Waals surface area contributed by atoms with Gasteiger partial charge < -0.3 is 5.32 Å². The Morgan fingerprint density at radius 3 is 2.44 bits per heavy atom. The van der Waals surface area contributed by atoms with E-state index in [0.717, 1.165) is 18.7 Å². The molecule has 2 unspecified atom stereocenters. The Morgan fingerprint density at radius 1 is 1.11 bits per heavy atom. The van der Waals surface area contributed by atoms with E-state index in [2.05, 4.69) is 41.4 Å². The monoisotopic (exact) mass is 368 g/mol. The van der Waals surface area contributed by atoms with Crippen LogP contribution in [0.3, 0.4) is 0 Å². The predicted molar refractivity (Wildman–Crippen MR) is 107 cm³/mol. The molecule has 144 valence electrons. The minimum Gasteiger partial charge on any atom is -0.354 e. The zero-order valence-corrected chi connectivity index (χ0v) is 16.2. The fourth-order valence-corrected chi connectivity index (χ4v) is 3.89. The van der Waals surface area contributed by atoms with Crippen molar-refractivity contribution in [3.05, 3.63) is 71.0 Å². The topological polar surface area (TPSA) is 32.3 Å². The minimum atomic E-state index is -0.248. The van der Waals surface area contributed by atoms with E-state index in [9.17, 15) is 9.18 Å². The number of amides is 1. The third-order valence-corrected chi connectivity index (χ3v) is 5.50. The van der Waals surface area contributed by atoms with E-state index in [4.69, 9.17) is 0 Å². The number of hydrogen-bond donors (Lipinski definition) is 1. The average molecular weight is 368 g/mol. The maximum absolute atomic E-state index is 13.1. The zero-order chi connectivity index (χ0) is 19.2. The molecule has 1 heterocycles. The van der Waals surface area contributed by atoms with Crippen molar-refractivity contribution >= 4 is 5.91 Å². The van der Waals surface area contributed by atoms with Gasteiger partial charge in [0.15, 0.2) is 0 Å². The summed E-state index contributed by atoms with van der Waals surface area (Å²) in [5.74, 6) is -0.341. The molecule has 0 spiro atoms. The van der Waals surface area contributed by atoms with Crippen molar-refractivity contribution in [1.82, 2.24) is 10.2 Å². The lowest BCUT2D eigenvalue weighted by Gasteiger charge is -2.30. The fourth-order valence-electron chi connectivity index (χ4n) is 3.89. The molecule has 3 rings (SSSR count). The Balaban J connectivity index is 1.63. The molecule has 0 saturated carbocycles. The van der Waals surface area contributed by atoms with Gasteiger partial charge in [0.25, 0.3) is 0 Å². The highest BCUT2D eigenvalue weighted by atomic mass is 19.1. The summed E-state index contributed by atoms with van der Waals surface area (Å²) in [5.41, 5.74) is 3.54. The van der Waals surface area contributed by atoms with E-state index >= 15 is 0 Å². The first kappa shape index (κ1) is 19.6. The van der Waals surface area contributed by atoms with E-state index in [1.165, 1.54) is 36.1 Å². The maximum atomic E-state index is 13.1. The molecule has 4 heteroatoms. The van der Waals surface area contributed by atoms with Crippen LogP contribution in [0.5, 0.6) is 0 Å². The second-order valence-corrected chi connectivity index (χ2v) is 7.59. The van der Waals surface area contributed by atoms with Crippen molar-refractivity contribution in [3.63, 3.8) is 0 Å². The van der Waals surface area contributed by atoms with Gasteiger partial charge in [0, 0.05) is 12.5 Å². The summed E-state index contributed by atoms with van der Waals surface area (Å²) >= 11 is 0. The number of likely N-dealkylation sites (tertiary alicyclic amines) is 1. The van der Waals surface area contributed by atoms with Gasteiger partial charge in [-0.25, -0.2) is 4.39 Å². The third-order valence-electron chi connectivity index (χ3n) is 5.50. The van der Waals surface area contributed by atoms with Gasteiger partial charge in [-0.1, -0.05) is 43.3 Å². The number of nitrogens with one attached hydrogen (secondary N) is 1. The first-order chi connectivity index (χ1) is 13.0. The van der Waals surface area contributed by atoms with E-state index in [1.54, 1.807) is 12.1 Å². The fraction of sp³-hybridized carbons (Fsp3) is 0.435. The van der Waals surface area contributed by atoms with Crippen molar-refractivity contribution < 1.29 is 9.18 Å². The summed E-state index contributed by atoms with van der Waals surface area (Å²) in [6, 6.07) is 15.1. The normalized spacial score (nSPS) is 16.9. The molecule has 0 bridgehead atoms. The Labute approximate surface area is 161 Å². The summed E-state index contributed by atoms with van der Waals surface area (Å²) in [6.45, 7) is 6.85. The Hall–Kier alpha value is -2.20. The van der Waals surface area contributed by atoms with Crippen LogP contribution in [-0.2, 0) is 11.2 Å². The molecule has 0 aromatic heterocycles. The summed E-state index contributed by atoms with van der Waals surface area (Å²) in [5, 5.41) is 3.16. The van der Waals surface area contributed by atoms with Gasteiger partial charge in [-0.2, -0.15) is 0 Å². The smallest absolute Gasteiger partial charge is 0.223 e. The molecule has 1 amide bonds. The predicted octanol–water partition coefficient (Wildman–Crippen LogP) is 4.27. The number of rotatable bonds is 7. The van der Waals surface area contributed by atoms with Crippen molar-refractivity contribution in [2.45, 2.75) is 39.2 Å². The van der Waals surface area contributed by atoms with Crippen LogP contribution in [0, 0.1) is 18.7 Å². The minimum absolute atomic E-state index is 0.0529. The van der Waals surface area contributed by atoms with Crippen LogP contribution in [0.1, 0.15) is 42.5 Å². The SMILES string of the molecule is Cc1ccccc1C(CNC(=O)C(C)Cc1ccc(F)cc1)N1CCCC1. The first-order valence-corrected chi connectivity index (χ1v) is 9.86. The van der Waals surface area contributed by atoms with Crippen molar-refractivity contribution in [2.75, 3.05) is 19.6 Å². The summed E-state index contributed by atoms with van der Waals surface area (Å²) in [4.78, 5) is 15.1. The average Bonchev–Trinajstić information content (AvgIpc) is 3.19. The number of carbonyl (C=O) groups excluding carboxylic acids is 1. The number of nitrogens with zero attached hydrogens (tertiary/aromatic N) is 1. The van der Waals surface area contributed by atoms with Gasteiger partial charge in [0.2, 0.25) is 5.91 Å². The molecule has 2 aromatic carbocycles. The zero-order valence-electron chi connectivity index (χ0n) is 16.2. The molecule has 3 nitrogen and oxygen atoms in total. The van der Waals surface area contributed by atoms with Crippen molar-refractivity contribution in [2.24, 2.45) is 5.92 Å². The van der Waals surface area contributed by atoms with Gasteiger partial charge in [0.05, 0.1) is 6.04 Å². The Morgan fingerprint density at radius 2 is 1.78 bits per heavy atom. The second kappa shape index (κ2) is 9.14. The molecule has 0 radical (unpaired) electrons. The summed E-state index contributed by atoms with van der Waals surface area (Å²) < 4.78 is 13.1. The van der Waals surface area contributed by atoms with Crippen molar-refractivity contribution in [1.29, 1.82) is 0 Å². The molecule has 0 aliphatic carbocycles. The third kappa shape index (κ3) is 5.16. The molecule has 2 aromatic rings. The van der Waals surface area contributed by atoms with E-state index in [-0.39, 0.29) is 23.7 Å². The van der Waals surface area contributed by atoms with Crippen molar-refractivity contribution in [3.8, 4) is 0 Å². The van der Waals surface area contributed by atoms with Crippen LogP contribution in [0.15, 0.2) is 48.5 Å². The van der Waals surface area contributed by atoms with Crippen LogP contribution in [0.4, 0.5) is 4.39 Å². The van der Waals surface area contributed by atoms with Crippen LogP contribution in [0.25, 0.3) is 0 Å². The summed E-state index contributed by atoms with van der Waals surface area (Å²) in [6.07, 6.45) is 3.06. The second-order valence-electron chi connectivity index (χ2n) is 7.59. The van der Waals surface area contributed by atoms with Crippen LogP contribution < -0.4 is 5.32 Å². The Kier molecular flexibility index (Phi) is 6.62. The van der Waals surface area contributed by atoms with E-state index in [0.29, 0.717) is 13.0 Å². The molecular formula is C23H29FN2O. The number of halogens is 1. The van der Waals surface area contributed by atoms with Gasteiger partial charge in [-0.3, -0.25) is 9.69 Å². The Bertz CT molecular complexity index is 753. The maximum Gasteiger partial charge on any atom is 0.223 e. The molecule has 27 heavy (non-hydrogen) atoms. The van der Waals surface area contributed by atoms with Gasteiger partial charge in [0.1, 0.15) is 5.82 Å². The number of benzene rings is 2. The number of carbonyl (C=O) groups is 1. The molecule has 1 saturated heterocycles. The molecular weight excluding hydrogens is 339 g/mol. The quantitative estimate of drug-likeness (QED) is 0.792. The lowest BCUT2D eigenvalue weighted by atomic mass is 9.98. The molecule has 1 fully saturated rings. The highest BCUT2D eigenvalue weighted by Crippen LogP contribution is 2.27. The van der Waals surface area contributed by atoms with Gasteiger partial charge in [-0.05, 0) is 68.1 Å². The van der Waals surface area contributed by atoms with Crippen LogP contribution >= 0.6 is 0 Å². The van der Waals surface area contributed by atoms with Gasteiger partial charge >= 0.3 is 0 Å². The molecule has 1 aliphatic rings. The highest BCUT2D eigenvalue weighted by Gasteiger charge is 2.25. The lowest BCUT2D eigenvalue weighted by molar-refractivity contribution is -0.124. The number of hydrogen-bond acceptors (Lipinski definition) is 2.